The van der Waals surface area contributed by atoms with E-state index in [4.69, 9.17) is 10.5 Å². The van der Waals surface area contributed by atoms with Gasteiger partial charge in [-0.25, -0.2) is 0 Å². The first kappa shape index (κ1) is 12.8. The van der Waals surface area contributed by atoms with Crippen molar-refractivity contribution in [3.05, 3.63) is 58.2 Å². The quantitative estimate of drug-likeness (QED) is 0.716. The SMILES string of the molecule is Nc1ccc2ccn(Cc3cc(Br)cc4c3OCC4)c2c1. The minimum atomic E-state index is 0.776. The maximum atomic E-state index is 5.91. The fourth-order valence-electron chi connectivity index (χ4n) is 2.99. The summed E-state index contributed by atoms with van der Waals surface area (Å²) in [5, 5.41) is 1.21. The van der Waals surface area contributed by atoms with Crippen LogP contribution in [-0.2, 0) is 13.0 Å². The minimum absolute atomic E-state index is 0.776. The summed E-state index contributed by atoms with van der Waals surface area (Å²) in [4.78, 5) is 0. The number of benzene rings is 2. The van der Waals surface area contributed by atoms with Gasteiger partial charge in [-0.05, 0) is 41.3 Å². The molecule has 1 aromatic heterocycles. The van der Waals surface area contributed by atoms with Gasteiger partial charge in [0.05, 0.1) is 18.7 Å². The number of aromatic nitrogens is 1. The summed E-state index contributed by atoms with van der Waals surface area (Å²) in [6, 6.07) is 12.4. The zero-order valence-corrected chi connectivity index (χ0v) is 13.1. The fourth-order valence-corrected chi connectivity index (χ4v) is 3.54. The van der Waals surface area contributed by atoms with Crippen molar-refractivity contribution in [3.8, 4) is 5.75 Å². The van der Waals surface area contributed by atoms with Crippen LogP contribution in [0.2, 0.25) is 0 Å². The highest BCUT2D eigenvalue weighted by Crippen LogP contribution is 2.34. The summed E-state index contributed by atoms with van der Waals surface area (Å²) in [7, 11) is 0. The van der Waals surface area contributed by atoms with E-state index in [1.807, 2.05) is 12.1 Å². The first-order valence-corrected chi connectivity index (χ1v) is 7.78. The molecule has 0 amide bonds. The van der Waals surface area contributed by atoms with Gasteiger partial charge in [-0.2, -0.15) is 0 Å². The largest absolute Gasteiger partial charge is 0.493 e. The van der Waals surface area contributed by atoms with E-state index in [0.717, 1.165) is 41.0 Å². The summed E-state index contributed by atoms with van der Waals surface area (Å²) >= 11 is 3.60. The van der Waals surface area contributed by atoms with Crippen molar-refractivity contribution in [1.82, 2.24) is 4.57 Å². The van der Waals surface area contributed by atoms with Crippen molar-refractivity contribution >= 4 is 32.5 Å². The maximum absolute atomic E-state index is 5.91. The van der Waals surface area contributed by atoms with Gasteiger partial charge < -0.3 is 15.0 Å². The van der Waals surface area contributed by atoms with Crippen molar-refractivity contribution in [2.24, 2.45) is 0 Å². The Morgan fingerprint density at radius 3 is 3.00 bits per heavy atom. The molecule has 0 radical (unpaired) electrons. The Bertz CT molecular complexity index is 838. The predicted octanol–water partition coefficient (Wildman–Crippen LogP) is 3.97. The zero-order chi connectivity index (χ0) is 14.4. The van der Waals surface area contributed by atoms with Crippen LogP contribution in [0.25, 0.3) is 10.9 Å². The van der Waals surface area contributed by atoms with Gasteiger partial charge in [0.15, 0.2) is 0 Å². The number of hydrogen-bond donors (Lipinski definition) is 1. The van der Waals surface area contributed by atoms with E-state index in [-0.39, 0.29) is 0 Å². The normalized spacial score (nSPS) is 13.4. The third-order valence-corrected chi connectivity index (χ3v) is 4.42. The topological polar surface area (TPSA) is 40.2 Å². The van der Waals surface area contributed by atoms with Crippen molar-refractivity contribution in [1.29, 1.82) is 0 Å². The van der Waals surface area contributed by atoms with E-state index < -0.39 is 0 Å². The summed E-state index contributed by atoms with van der Waals surface area (Å²) in [6.45, 7) is 1.56. The van der Waals surface area contributed by atoms with Crippen molar-refractivity contribution in [2.75, 3.05) is 12.3 Å². The lowest BCUT2D eigenvalue weighted by molar-refractivity contribution is 0.353. The van der Waals surface area contributed by atoms with E-state index in [2.05, 4.69) is 51.0 Å². The smallest absolute Gasteiger partial charge is 0.127 e. The van der Waals surface area contributed by atoms with E-state index in [0.29, 0.717) is 0 Å². The molecule has 0 atom stereocenters. The molecular weight excluding hydrogens is 328 g/mol. The molecule has 4 heteroatoms. The molecular formula is C17H15BrN2O. The van der Waals surface area contributed by atoms with E-state index >= 15 is 0 Å². The molecule has 106 valence electrons. The summed E-state index contributed by atoms with van der Waals surface area (Å²) in [5.74, 6) is 1.05. The summed E-state index contributed by atoms with van der Waals surface area (Å²) in [5.41, 5.74) is 10.4. The van der Waals surface area contributed by atoms with Crippen LogP contribution in [-0.4, -0.2) is 11.2 Å². The number of rotatable bonds is 2. The van der Waals surface area contributed by atoms with E-state index in [9.17, 15) is 0 Å². The van der Waals surface area contributed by atoms with Gasteiger partial charge in [0.1, 0.15) is 5.75 Å². The summed E-state index contributed by atoms with van der Waals surface area (Å²) < 4.78 is 9.14. The number of nitrogens with two attached hydrogens (primary N) is 1. The standard InChI is InChI=1S/C17H15BrN2O/c18-14-7-12-4-6-21-17(12)13(8-14)10-20-5-3-11-1-2-15(19)9-16(11)20/h1-3,5,7-9H,4,6,10,19H2. The molecule has 0 spiro atoms. The Kier molecular flexibility index (Phi) is 2.93. The first-order chi connectivity index (χ1) is 10.2. The number of halogens is 1. The number of hydrogen-bond acceptors (Lipinski definition) is 2. The van der Waals surface area contributed by atoms with Gasteiger partial charge in [0, 0.05) is 28.3 Å². The zero-order valence-electron chi connectivity index (χ0n) is 11.5. The minimum Gasteiger partial charge on any atom is -0.493 e. The molecule has 1 aliphatic rings. The third-order valence-electron chi connectivity index (χ3n) is 3.96. The highest BCUT2D eigenvalue weighted by molar-refractivity contribution is 9.10. The van der Waals surface area contributed by atoms with Crippen LogP contribution in [0.4, 0.5) is 5.69 Å². The lowest BCUT2D eigenvalue weighted by Crippen LogP contribution is -2.01. The fraction of sp³-hybridized carbons (Fsp3) is 0.176. The predicted molar refractivity (Wildman–Crippen MR) is 88.8 cm³/mol. The number of anilines is 1. The van der Waals surface area contributed by atoms with Gasteiger partial charge in [-0.3, -0.25) is 0 Å². The monoisotopic (exact) mass is 342 g/mol. The van der Waals surface area contributed by atoms with E-state index in [1.165, 1.54) is 16.5 Å². The molecule has 0 saturated carbocycles. The second kappa shape index (κ2) is 4.81. The molecule has 0 bridgehead atoms. The number of nitrogen functional groups attached to an aromatic ring is 1. The van der Waals surface area contributed by atoms with Crippen LogP contribution in [0.5, 0.6) is 5.75 Å². The van der Waals surface area contributed by atoms with Crippen LogP contribution < -0.4 is 10.5 Å². The Balaban J connectivity index is 1.80. The maximum Gasteiger partial charge on any atom is 0.127 e. The molecule has 21 heavy (non-hydrogen) atoms. The number of ether oxygens (including phenoxy) is 1. The second-order valence-electron chi connectivity index (χ2n) is 5.41. The van der Waals surface area contributed by atoms with Crippen LogP contribution in [0, 0.1) is 0 Å². The number of fused-ring (bicyclic) bond motifs is 2. The third kappa shape index (κ3) is 2.20. The molecule has 3 nitrogen and oxygen atoms in total. The Morgan fingerprint density at radius 1 is 1.19 bits per heavy atom. The van der Waals surface area contributed by atoms with Gasteiger partial charge in [-0.15, -0.1) is 0 Å². The molecule has 2 heterocycles. The second-order valence-corrected chi connectivity index (χ2v) is 6.33. The Morgan fingerprint density at radius 2 is 2.10 bits per heavy atom. The van der Waals surface area contributed by atoms with Crippen LogP contribution in [0.3, 0.4) is 0 Å². The molecule has 2 N–H and O–H groups in total. The highest BCUT2D eigenvalue weighted by Gasteiger charge is 2.18. The van der Waals surface area contributed by atoms with Crippen molar-refractivity contribution in [3.63, 3.8) is 0 Å². The molecule has 2 aromatic carbocycles. The van der Waals surface area contributed by atoms with Gasteiger partial charge in [0.25, 0.3) is 0 Å². The molecule has 0 saturated heterocycles. The first-order valence-electron chi connectivity index (χ1n) is 6.99. The van der Waals surface area contributed by atoms with Gasteiger partial charge >= 0.3 is 0 Å². The Labute approximate surface area is 131 Å². The molecule has 1 aliphatic heterocycles. The average Bonchev–Trinajstić information content (AvgIpc) is 3.06. The van der Waals surface area contributed by atoms with Crippen molar-refractivity contribution < 1.29 is 4.74 Å². The van der Waals surface area contributed by atoms with Gasteiger partial charge in [-0.1, -0.05) is 22.0 Å². The molecule has 0 unspecified atom stereocenters. The molecule has 0 fully saturated rings. The molecule has 4 rings (SSSR count). The Hall–Kier alpha value is -1.94. The lowest BCUT2D eigenvalue weighted by atomic mass is 10.1. The average molecular weight is 343 g/mol. The summed E-state index contributed by atoms with van der Waals surface area (Å²) in [6.07, 6.45) is 3.09. The van der Waals surface area contributed by atoms with Crippen LogP contribution >= 0.6 is 15.9 Å². The van der Waals surface area contributed by atoms with Gasteiger partial charge in [0.2, 0.25) is 0 Å². The highest BCUT2D eigenvalue weighted by atomic mass is 79.9. The van der Waals surface area contributed by atoms with Crippen LogP contribution in [0.15, 0.2) is 47.1 Å². The van der Waals surface area contributed by atoms with Crippen molar-refractivity contribution in [2.45, 2.75) is 13.0 Å². The van der Waals surface area contributed by atoms with Crippen LogP contribution in [0.1, 0.15) is 11.1 Å². The lowest BCUT2D eigenvalue weighted by Gasteiger charge is -2.11. The number of nitrogens with zero attached hydrogens (tertiary/aromatic N) is 1. The molecule has 3 aromatic rings. The molecule has 0 aliphatic carbocycles. The van der Waals surface area contributed by atoms with E-state index in [1.54, 1.807) is 0 Å².